The molecule has 0 spiro atoms. The third-order valence-electron chi connectivity index (χ3n) is 2.61. The summed E-state index contributed by atoms with van der Waals surface area (Å²) >= 11 is 0. The fraction of sp³-hybridized carbons (Fsp3) is 0.308. The quantitative estimate of drug-likeness (QED) is 0.903. The smallest absolute Gasteiger partial charge is 0.132 e. The maximum atomic E-state index is 13.2. The third kappa shape index (κ3) is 2.87. The van der Waals surface area contributed by atoms with E-state index in [1.807, 2.05) is 26.2 Å². The molecule has 0 fully saturated rings. The van der Waals surface area contributed by atoms with Gasteiger partial charge in [-0.05, 0) is 19.1 Å². The number of benzene rings is 1. The number of nitrogens with two attached hydrogens (primary N) is 1. The van der Waals surface area contributed by atoms with Gasteiger partial charge in [-0.25, -0.2) is 4.39 Å². The van der Waals surface area contributed by atoms with Crippen LogP contribution < -0.4 is 10.5 Å². The second-order valence-electron chi connectivity index (χ2n) is 4.24. The molecule has 1 heterocycles. The molecule has 1 aromatic heterocycles. The van der Waals surface area contributed by atoms with Crippen LogP contribution in [-0.4, -0.2) is 9.78 Å². The lowest BCUT2D eigenvalue weighted by Crippen LogP contribution is -2.08. The van der Waals surface area contributed by atoms with Crippen LogP contribution in [0, 0.1) is 5.82 Å². The topological polar surface area (TPSA) is 53.1 Å². The van der Waals surface area contributed by atoms with Gasteiger partial charge in [0.15, 0.2) is 0 Å². The van der Waals surface area contributed by atoms with E-state index in [1.165, 1.54) is 12.1 Å². The summed E-state index contributed by atoms with van der Waals surface area (Å²) < 4.78 is 20.5. The van der Waals surface area contributed by atoms with E-state index in [0.29, 0.717) is 12.4 Å². The lowest BCUT2D eigenvalue weighted by Gasteiger charge is -2.13. The number of ether oxygens (including phenoxy) is 1. The predicted octanol–water partition coefficient (Wildman–Crippen LogP) is 2.16. The average molecular weight is 249 g/mol. The van der Waals surface area contributed by atoms with E-state index in [0.717, 1.165) is 11.3 Å². The Morgan fingerprint density at radius 2 is 2.22 bits per heavy atom. The molecule has 96 valence electrons. The van der Waals surface area contributed by atoms with Gasteiger partial charge < -0.3 is 10.5 Å². The highest BCUT2D eigenvalue weighted by Gasteiger charge is 2.10. The molecule has 1 unspecified atom stereocenters. The standard InChI is InChI=1S/C13H16FN3O/c1-9(15)12-4-3-10(14)7-13(12)18-8-11-5-6-17(2)16-11/h3-7,9H,8,15H2,1-2H3. The minimum absolute atomic E-state index is 0.204. The van der Waals surface area contributed by atoms with E-state index in [-0.39, 0.29) is 11.9 Å². The number of halogens is 1. The van der Waals surface area contributed by atoms with Gasteiger partial charge in [0.25, 0.3) is 0 Å². The van der Waals surface area contributed by atoms with Gasteiger partial charge in [-0.1, -0.05) is 6.07 Å². The largest absolute Gasteiger partial charge is 0.487 e. The second-order valence-corrected chi connectivity index (χ2v) is 4.24. The summed E-state index contributed by atoms with van der Waals surface area (Å²) in [5.41, 5.74) is 7.39. The number of hydrogen-bond donors (Lipinski definition) is 1. The van der Waals surface area contributed by atoms with Crippen molar-refractivity contribution in [2.75, 3.05) is 0 Å². The minimum atomic E-state index is -0.338. The molecule has 1 aromatic carbocycles. The molecule has 0 saturated carbocycles. The first-order valence-electron chi connectivity index (χ1n) is 5.72. The lowest BCUT2D eigenvalue weighted by atomic mass is 10.1. The lowest BCUT2D eigenvalue weighted by molar-refractivity contribution is 0.294. The Bertz CT molecular complexity index is 537. The molecule has 1 atom stereocenters. The fourth-order valence-electron chi connectivity index (χ4n) is 1.70. The van der Waals surface area contributed by atoms with Crippen LogP contribution in [0.15, 0.2) is 30.5 Å². The number of nitrogens with zero attached hydrogens (tertiary/aromatic N) is 2. The molecule has 0 aliphatic carbocycles. The third-order valence-corrected chi connectivity index (χ3v) is 2.61. The zero-order valence-corrected chi connectivity index (χ0v) is 10.4. The molecule has 0 aliphatic rings. The van der Waals surface area contributed by atoms with Crippen molar-refractivity contribution in [1.82, 2.24) is 9.78 Å². The summed E-state index contributed by atoms with van der Waals surface area (Å²) in [7, 11) is 1.83. The summed E-state index contributed by atoms with van der Waals surface area (Å²) in [6.45, 7) is 2.13. The Morgan fingerprint density at radius 1 is 1.44 bits per heavy atom. The Morgan fingerprint density at radius 3 is 2.83 bits per heavy atom. The first-order chi connectivity index (χ1) is 8.56. The van der Waals surface area contributed by atoms with Crippen LogP contribution in [0.5, 0.6) is 5.75 Å². The van der Waals surface area contributed by atoms with Crippen molar-refractivity contribution in [3.63, 3.8) is 0 Å². The maximum Gasteiger partial charge on any atom is 0.132 e. The molecule has 5 heteroatoms. The normalized spacial score (nSPS) is 12.4. The van der Waals surface area contributed by atoms with Crippen LogP contribution in [0.4, 0.5) is 4.39 Å². The Kier molecular flexibility index (Phi) is 3.62. The number of rotatable bonds is 4. The second kappa shape index (κ2) is 5.18. The van der Waals surface area contributed by atoms with Crippen molar-refractivity contribution >= 4 is 0 Å². The Hall–Kier alpha value is -1.88. The van der Waals surface area contributed by atoms with E-state index in [9.17, 15) is 4.39 Å². The minimum Gasteiger partial charge on any atom is -0.487 e. The Balaban J connectivity index is 2.15. The first-order valence-corrected chi connectivity index (χ1v) is 5.72. The van der Waals surface area contributed by atoms with Gasteiger partial charge in [-0.2, -0.15) is 5.10 Å². The van der Waals surface area contributed by atoms with E-state index in [1.54, 1.807) is 10.7 Å². The van der Waals surface area contributed by atoms with Crippen LogP contribution in [0.25, 0.3) is 0 Å². The van der Waals surface area contributed by atoms with Crippen LogP contribution in [0.3, 0.4) is 0 Å². The molecule has 18 heavy (non-hydrogen) atoms. The highest BCUT2D eigenvalue weighted by atomic mass is 19.1. The molecule has 0 radical (unpaired) electrons. The van der Waals surface area contributed by atoms with Crippen LogP contribution in [0.2, 0.25) is 0 Å². The zero-order chi connectivity index (χ0) is 13.1. The average Bonchev–Trinajstić information content (AvgIpc) is 2.72. The van der Waals surface area contributed by atoms with Crippen molar-refractivity contribution in [2.45, 2.75) is 19.6 Å². The van der Waals surface area contributed by atoms with Crippen molar-refractivity contribution in [2.24, 2.45) is 12.8 Å². The van der Waals surface area contributed by atoms with Gasteiger partial charge in [0.05, 0.1) is 5.69 Å². The molecule has 2 aromatic rings. The van der Waals surface area contributed by atoms with Crippen molar-refractivity contribution in [3.8, 4) is 5.75 Å². The Labute approximate surface area is 105 Å². The van der Waals surface area contributed by atoms with Crippen molar-refractivity contribution in [3.05, 3.63) is 47.5 Å². The number of aromatic nitrogens is 2. The van der Waals surface area contributed by atoms with Crippen molar-refractivity contribution < 1.29 is 9.13 Å². The predicted molar refractivity (Wildman–Crippen MR) is 66.5 cm³/mol. The molecule has 2 rings (SSSR count). The highest BCUT2D eigenvalue weighted by molar-refractivity contribution is 5.36. The molecular weight excluding hydrogens is 233 g/mol. The monoisotopic (exact) mass is 249 g/mol. The molecule has 2 N–H and O–H groups in total. The van der Waals surface area contributed by atoms with Gasteiger partial charge >= 0.3 is 0 Å². The van der Waals surface area contributed by atoms with Crippen LogP contribution in [0.1, 0.15) is 24.2 Å². The van der Waals surface area contributed by atoms with Crippen LogP contribution >= 0.6 is 0 Å². The van der Waals surface area contributed by atoms with Crippen molar-refractivity contribution in [1.29, 1.82) is 0 Å². The van der Waals surface area contributed by atoms with E-state index < -0.39 is 0 Å². The van der Waals surface area contributed by atoms with E-state index >= 15 is 0 Å². The molecule has 0 amide bonds. The zero-order valence-electron chi connectivity index (χ0n) is 10.4. The van der Waals surface area contributed by atoms with Gasteiger partial charge in [-0.15, -0.1) is 0 Å². The molecule has 0 aliphatic heterocycles. The first kappa shape index (κ1) is 12.6. The highest BCUT2D eigenvalue weighted by Crippen LogP contribution is 2.25. The van der Waals surface area contributed by atoms with E-state index in [4.69, 9.17) is 10.5 Å². The number of hydrogen-bond acceptors (Lipinski definition) is 3. The summed E-state index contributed by atoms with van der Waals surface area (Å²) in [5.74, 6) is 0.131. The van der Waals surface area contributed by atoms with E-state index in [2.05, 4.69) is 5.10 Å². The van der Waals surface area contributed by atoms with Gasteiger partial charge in [0.1, 0.15) is 18.2 Å². The summed E-state index contributed by atoms with van der Waals surface area (Å²) in [6, 6.07) is 6.02. The number of aryl methyl sites for hydroxylation is 1. The molecule has 0 saturated heterocycles. The summed E-state index contributed by atoms with van der Waals surface area (Å²) in [4.78, 5) is 0. The molecule has 0 bridgehead atoms. The maximum absolute atomic E-state index is 13.2. The molecular formula is C13H16FN3O. The molecule has 4 nitrogen and oxygen atoms in total. The summed E-state index contributed by atoms with van der Waals surface area (Å²) in [5, 5.41) is 4.19. The van der Waals surface area contributed by atoms with Crippen LogP contribution in [-0.2, 0) is 13.7 Å². The summed E-state index contributed by atoms with van der Waals surface area (Å²) in [6.07, 6.45) is 1.83. The van der Waals surface area contributed by atoms with Gasteiger partial charge in [0.2, 0.25) is 0 Å². The SMILES string of the molecule is CC(N)c1ccc(F)cc1OCc1ccn(C)n1. The van der Waals surface area contributed by atoms with Gasteiger partial charge in [-0.3, -0.25) is 4.68 Å². The fourth-order valence-corrected chi connectivity index (χ4v) is 1.70. The van der Waals surface area contributed by atoms with Gasteiger partial charge in [0, 0.05) is 30.9 Å².